The fourth-order valence-corrected chi connectivity index (χ4v) is 2.55. The molecule has 0 amide bonds. The SMILES string of the molecule is Clc1ccc(C(Cl)c2ccoc2Br)cc1Cl. The summed E-state index contributed by atoms with van der Waals surface area (Å²) in [7, 11) is 0. The third kappa shape index (κ3) is 2.40. The second-order valence-corrected chi connectivity index (χ2v) is 5.16. The van der Waals surface area contributed by atoms with Gasteiger partial charge in [-0.25, -0.2) is 0 Å². The van der Waals surface area contributed by atoms with E-state index >= 15 is 0 Å². The lowest BCUT2D eigenvalue weighted by molar-refractivity contribution is 0.537. The summed E-state index contributed by atoms with van der Waals surface area (Å²) in [6, 6.07) is 7.12. The second-order valence-electron chi connectivity index (χ2n) is 3.19. The molecule has 2 rings (SSSR count). The van der Waals surface area contributed by atoms with Gasteiger partial charge in [0.05, 0.1) is 21.7 Å². The average Bonchev–Trinajstić information content (AvgIpc) is 2.67. The number of hydrogen-bond acceptors (Lipinski definition) is 1. The standard InChI is InChI=1S/C11H6BrCl3O/c12-11-7(3-4-16-11)10(15)6-1-2-8(13)9(14)5-6/h1-5,10H. The maximum atomic E-state index is 6.31. The van der Waals surface area contributed by atoms with Gasteiger partial charge in [-0.05, 0) is 39.7 Å². The molecular weight excluding hydrogens is 334 g/mol. The first-order valence-corrected chi connectivity index (χ1v) is 6.40. The normalized spacial score (nSPS) is 12.8. The highest BCUT2D eigenvalue weighted by atomic mass is 79.9. The van der Waals surface area contributed by atoms with Gasteiger partial charge >= 0.3 is 0 Å². The van der Waals surface area contributed by atoms with Crippen LogP contribution in [0.1, 0.15) is 16.5 Å². The number of alkyl halides is 1. The van der Waals surface area contributed by atoms with E-state index in [1.54, 1.807) is 18.4 Å². The predicted molar refractivity (Wildman–Crippen MR) is 70.6 cm³/mol. The van der Waals surface area contributed by atoms with Crippen LogP contribution in [0.15, 0.2) is 39.6 Å². The first-order chi connectivity index (χ1) is 7.59. The van der Waals surface area contributed by atoms with Gasteiger partial charge in [-0.2, -0.15) is 0 Å². The van der Waals surface area contributed by atoms with Gasteiger partial charge in [0.1, 0.15) is 0 Å². The van der Waals surface area contributed by atoms with Crippen molar-refractivity contribution in [2.75, 3.05) is 0 Å². The zero-order valence-electron chi connectivity index (χ0n) is 7.88. The average molecular weight is 340 g/mol. The van der Waals surface area contributed by atoms with E-state index in [0.29, 0.717) is 14.7 Å². The number of halogens is 4. The third-order valence-electron chi connectivity index (χ3n) is 2.16. The van der Waals surface area contributed by atoms with E-state index < -0.39 is 0 Å². The molecule has 0 radical (unpaired) electrons. The maximum absolute atomic E-state index is 6.31. The van der Waals surface area contributed by atoms with Crippen molar-refractivity contribution in [1.82, 2.24) is 0 Å². The summed E-state index contributed by atoms with van der Waals surface area (Å²) in [4.78, 5) is 0. The molecule has 1 unspecified atom stereocenters. The Morgan fingerprint density at radius 3 is 2.44 bits per heavy atom. The van der Waals surface area contributed by atoms with Crippen LogP contribution in [0, 0.1) is 0 Å². The fraction of sp³-hybridized carbons (Fsp3) is 0.0909. The zero-order valence-corrected chi connectivity index (χ0v) is 11.7. The monoisotopic (exact) mass is 338 g/mol. The van der Waals surface area contributed by atoms with Crippen LogP contribution in [0.4, 0.5) is 0 Å². The van der Waals surface area contributed by atoms with Crippen molar-refractivity contribution in [3.8, 4) is 0 Å². The van der Waals surface area contributed by atoms with Crippen LogP contribution in [-0.4, -0.2) is 0 Å². The van der Waals surface area contributed by atoms with Crippen LogP contribution >= 0.6 is 50.7 Å². The Hall–Kier alpha value is -0.150. The molecule has 0 fully saturated rings. The van der Waals surface area contributed by atoms with Gasteiger partial charge in [-0.1, -0.05) is 29.3 Å². The van der Waals surface area contributed by atoms with E-state index in [1.807, 2.05) is 12.1 Å². The highest BCUT2D eigenvalue weighted by Gasteiger charge is 2.16. The molecule has 5 heteroatoms. The van der Waals surface area contributed by atoms with Crippen LogP contribution < -0.4 is 0 Å². The van der Waals surface area contributed by atoms with Crippen molar-refractivity contribution in [2.45, 2.75) is 5.38 Å². The molecule has 2 aromatic rings. The number of hydrogen-bond donors (Lipinski definition) is 0. The van der Waals surface area contributed by atoms with Crippen LogP contribution in [0.5, 0.6) is 0 Å². The van der Waals surface area contributed by atoms with Crippen molar-refractivity contribution in [3.63, 3.8) is 0 Å². The Balaban J connectivity index is 2.38. The van der Waals surface area contributed by atoms with Gasteiger partial charge in [-0.15, -0.1) is 11.6 Å². The lowest BCUT2D eigenvalue weighted by Crippen LogP contribution is -1.92. The molecule has 1 heterocycles. The van der Waals surface area contributed by atoms with E-state index in [2.05, 4.69) is 15.9 Å². The Morgan fingerprint density at radius 2 is 1.88 bits per heavy atom. The van der Waals surface area contributed by atoms with E-state index in [4.69, 9.17) is 39.2 Å². The van der Waals surface area contributed by atoms with Crippen molar-refractivity contribution in [3.05, 3.63) is 56.4 Å². The van der Waals surface area contributed by atoms with Gasteiger partial charge in [0.2, 0.25) is 0 Å². The molecule has 0 bridgehead atoms. The molecular formula is C11H6BrCl3O. The van der Waals surface area contributed by atoms with Crippen LogP contribution in [-0.2, 0) is 0 Å². The maximum Gasteiger partial charge on any atom is 0.173 e. The third-order valence-corrected chi connectivity index (χ3v) is 4.03. The van der Waals surface area contributed by atoms with E-state index in [9.17, 15) is 0 Å². The molecule has 1 nitrogen and oxygen atoms in total. The topological polar surface area (TPSA) is 13.1 Å². The van der Waals surface area contributed by atoms with Crippen molar-refractivity contribution in [1.29, 1.82) is 0 Å². The highest BCUT2D eigenvalue weighted by Crippen LogP contribution is 2.36. The molecule has 84 valence electrons. The fourth-order valence-electron chi connectivity index (χ4n) is 1.33. The Morgan fingerprint density at radius 1 is 1.12 bits per heavy atom. The van der Waals surface area contributed by atoms with Crippen LogP contribution in [0.25, 0.3) is 0 Å². The van der Waals surface area contributed by atoms with Crippen molar-refractivity contribution in [2.24, 2.45) is 0 Å². The molecule has 0 aliphatic heterocycles. The van der Waals surface area contributed by atoms with Crippen LogP contribution in [0.2, 0.25) is 10.0 Å². The predicted octanol–water partition coefficient (Wildman–Crippen LogP) is 5.68. The first kappa shape index (κ1) is 12.3. The van der Waals surface area contributed by atoms with E-state index in [1.165, 1.54) is 0 Å². The van der Waals surface area contributed by atoms with Gasteiger partial charge < -0.3 is 4.42 Å². The molecule has 16 heavy (non-hydrogen) atoms. The van der Waals surface area contributed by atoms with Gasteiger partial charge in [0.15, 0.2) is 4.67 Å². The summed E-state index contributed by atoms with van der Waals surface area (Å²) in [5.74, 6) is 0. The summed E-state index contributed by atoms with van der Waals surface area (Å²) in [6.45, 7) is 0. The van der Waals surface area contributed by atoms with Crippen molar-refractivity contribution >= 4 is 50.7 Å². The van der Waals surface area contributed by atoms with E-state index in [-0.39, 0.29) is 5.38 Å². The molecule has 0 aliphatic carbocycles. The van der Waals surface area contributed by atoms with E-state index in [0.717, 1.165) is 11.1 Å². The lowest BCUT2D eigenvalue weighted by Gasteiger charge is -2.09. The van der Waals surface area contributed by atoms with Gasteiger partial charge in [0, 0.05) is 5.56 Å². The summed E-state index contributed by atoms with van der Waals surface area (Å²) in [5.41, 5.74) is 1.73. The molecule has 1 aromatic heterocycles. The minimum atomic E-state index is -0.317. The quantitative estimate of drug-likeness (QED) is 0.641. The molecule has 1 aromatic carbocycles. The van der Waals surface area contributed by atoms with Crippen LogP contribution in [0.3, 0.4) is 0 Å². The first-order valence-electron chi connectivity index (χ1n) is 4.41. The molecule has 0 N–H and O–H groups in total. The number of furan rings is 1. The second kappa shape index (κ2) is 5.01. The minimum absolute atomic E-state index is 0.317. The largest absolute Gasteiger partial charge is 0.457 e. The number of benzene rings is 1. The molecule has 0 saturated carbocycles. The Labute approximate surface area is 116 Å². The number of rotatable bonds is 2. The Bertz CT molecular complexity index is 510. The summed E-state index contributed by atoms with van der Waals surface area (Å²) in [5, 5.41) is 0.688. The minimum Gasteiger partial charge on any atom is -0.457 e. The van der Waals surface area contributed by atoms with Gasteiger partial charge in [-0.3, -0.25) is 0 Å². The summed E-state index contributed by atoms with van der Waals surface area (Å²) >= 11 is 21.4. The lowest BCUT2D eigenvalue weighted by atomic mass is 10.1. The Kier molecular flexibility index (Phi) is 3.85. The smallest absolute Gasteiger partial charge is 0.173 e. The zero-order chi connectivity index (χ0) is 11.7. The molecule has 0 spiro atoms. The summed E-state index contributed by atoms with van der Waals surface area (Å²) < 4.78 is 5.76. The molecule has 0 aliphatic rings. The summed E-state index contributed by atoms with van der Waals surface area (Å²) in [6.07, 6.45) is 1.58. The highest BCUT2D eigenvalue weighted by molar-refractivity contribution is 9.10. The molecule has 1 atom stereocenters. The van der Waals surface area contributed by atoms with Gasteiger partial charge in [0.25, 0.3) is 0 Å². The van der Waals surface area contributed by atoms with Crippen molar-refractivity contribution < 1.29 is 4.42 Å². The molecule has 0 saturated heterocycles.